The number of nitrogens with one attached hydrogen (secondary N) is 1. The molecule has 2 rings (SSSR count). The molecule has 1 aliphatic carbocycles. The van der Waals surface area contributed by atoms with Crippen LogP contribution in [0.1, 0.15) is 64.8 Å². The Balaban J connectivity index is 0.00000184. The smallest absolute Gasteiger partial charge is 0.157 e. The Morgan fingerprint density at radius 1 is 1.34 bits per heavy atom. The number of hydrazine groups is 1. The third-order valence-electron chi connectivity index (χ3n) is 4.12. The largest absolute Gasteiger partial charge is 0.400 e. The zero-order chi connectivity index (χ0) is 22.2. The van der Waals surface area contributed by atoms with Crippen molar-refractivity contribution in [1.82, 2.24) is 15.0 Å². The van der Waals surface area contributed by atoms with Gasteiger partial charge in [-0.05, 0) is 19.3 Å². The van der Waals surface area contributed by atoms with Gasteiger partial charge in [0.25, 0.3) is 0 Å². The average molecular weight is 400 g/mol. The highest BCUT2D eigenvalue weighted by molar-refractivity contribution is 5.69. The fourth-order valence-corrected chi connectivity index (χ4v) is 2.55. The molecule has 0 aromatic carbocycles. The Morgan fingerprint density at radius 3 is 2.55 bits per heavy atom. The molecule has 1 aromatic heterocycles. The number of aliphatic hydroxyl groups excluding tert-OH is 1. The first kappa shape index (κ1) is 26.5. The summed E-state index contributed by atoms with van der Waals surface area (Å²) in [6.45, 7) is 8.29. The minimum Gasteiger partial charge on any atom is -0.400 e. The summed E-state index contributed by atoms with van der Waals surface area (Å²) in [7, 11) is 2.81. The van der Waals surface area contributed by atoms with Crippen LogP contribution in [0.25, 0.3) is 5.57 Å². The Hall–Kier alpha value is -2.46. The van der Waals surface area contributed by atoms with Gasteiger partial charge < -0.3 is 10.4 Å². The molecule has 0 aliphatic heterocycles. The van der Waals surface area contributed by atoms with Crippen molar-refractivity contribution in [3.63, 3.8) is 0 Å². The van der Waals surface area contributed by atoms with E-state index in [2.05, 4.69) is 53.3 Å². The van der Waals surface area contributed by atoms with E-state index in [1.165, 1.54) is 5.57 Å². The molecular weight excluding hydrogens is 362 g/mol. The van der Waals surface area contributed by atoms with Crippen molar-refractivity contribution in [3.05, 3.63) is 47.5 Å². The first-order valence-electron chi connectivity index (χ1n) is 10.2. The van der Waals surface area contributed by atoms with Crippen molar-refractivity contribution in [2.45, 2.75) is 59.5 Å². The Labute approximate surface area is 176 Å². The molecule has 160 valence electrons. The number of aliphatic hydroxyl groups is 1. The van der Waals surface area contributed by atoms with Crippen LogP contribution in [0, 0.1) is 12.3 Å². The van der Waals surface area contributed by atoms with Gasteiger partial charge in [0.15, 0.2) is 5.82 Å². The van der Waals surface area contributed by atoms with E-state index in [4.69, 9.17) is 17.4 Å². The summed E-state index contributed by atoms with van der Waals surface area (Å²) in [5, 5.41) is 11.9. The lowest BCUT2D eigenvalue weighted by molar-refractivity contribution is 0.315. The quantitative estimate of drug-likeness (QED) is 0.200. The fraction of sp³-hybridized carbons (Fsp3) is 0.478. The molecule has 1 atom stereocenters. The van der Waals surface area contributed by atoms with Gasteiger partial charge >= 0.3 is 0 Å². The zero-order valence-corrected chi connectivity index (χ0v) is 18.7. The Bertz CT molecular complexity index is 729. The first-order valence-corrected chi connectivity index (χ1v) is 10.2. The molecule has 6 nitrogen and oxygen atoms in total. The number of hydrogen-bond donors (Lipinski definition) is 3. The number of likely N-dealkylation sites (N-methyl/N-ethyl adjacent to an activating group) is 1. The van der Waals surface area contributed by atoms with E-state index < -0.39 is 0 Å². The van der Waals surface area contributed by atoms with Crippen LogP contribution < -0.4 is 11.2 Å². The number of anilines is 1. The highest BCUT2D eigenvalue weighted by Gasteiger charge is 2.16. The molecule has 0 fully saturated rings. The first-order chi connectivity index (χ1) is 14.1. The minimum atomic E-state index is -0.191. The standard InChI is InChI=1S/C20H27N5.C2H6.CH4O/c1-5-8-9-10-18(25(4)21)23-20-16(7-3)14-22-19(24-20)17-12-11-15(6-2)13-17;2*1-2/h3,9-12,14,18H,5-6,8,13,21H2,1-2,4H3,(H,22,23,24);1-2H3;2H,1H3/b10-9+;;. The molecule has 0 radical (unpaired) electrons. The molecule has 4 N–H and O–H groups in total. The van der Waals surface area contributed by atoms with Gasteiger partial charge in [-0.3, -0.25) is 5.84 Å². The Morgan fingerprint density at radius 2 is 2.03 bits per heavy atom. The van der Waals surface area contributed by atoms with Gasteiger partial charge in [0.1, 0.15) is 12.0 Å². The van der Waals surface area contributed by atoms with Crippen molar-refractivity contribution in [2.75, 3.05) is 19.5 Å². The van der Waals surface area contributed by atoms with E-state index >= 15 is 0 Å². The topological polar surface area (TPSA) is 87.3 Å². The van der Waals surface area contributed by atoms with E-state index in [1.807, 2.05) is 27.0 Å². The predicted octanol–water partition coefficient (Wildman–Crippen LogP) is 4.12. The molecule has 6 heteroatoms. The van der Waals surface area contributed by atoms with Crippen LogP contribution in [0.3, 0.4) is 0 Å². The van der Waals surface area contributed by atoms with Crippen LogP contribution in [-0.2, 0) is 0 Å². The second-order valence-corrected chi connectivity index (χ2v) is 6.12. The van der Waals surface area contributed by atoms with Gasteiger partial charge in [-0.25, -0.2) is 15.0 Å². The van der Waals surface area contributed by atoms with Crippen molar-refractivity contribution >= 4 is 11.4 Å². The molecule has 0 bridgehead atoms. The third kappa shape index (κ3) is 8.61. The summed E-state index contributed by atoms with van der Waals surface area (Å²) >= 11 is 0. The molecule has 1 heterocycles. The fourth-order valence-electron chi connectivity index (χ4n) is 2.55. The van der Waals surface area contributed by atoms with Crippen LogP contribution in [0.5, 0.6) is 0 Å². The number of nitrogens with two attached hydrogens (primary N) is 1. The lowest BCUT2D eigenvalue weighted by Crippen LogP contribution is -2.41. The van der Waals surface area contributed by atoms with Gasteiger partial charge in [0.05, 0.1) is 5.56 Å². The SMILES string of the molecule is C#Cc1cnc(C2=CC=C(CC)C2)nc1NC(/C=C/CCC)N(C)N.CC.CO. The number of rotatable bonds is 8. The molecule has 1 aromatic rings. The molecule has 0 amide bonds. The van der Waals surface area contributed by atoms with Gasteiger partial charge in [0.2, 0.25) is 0 Å². The molecule has 0 spiro atoms. The van der Waals surface area contributed by atoms with Crippen molar-refractivity contribution < 1.29 is 5.11 Å². The highest BCUT2D eigenvalue weighted by atomic mass is 16.2. The number of nitrogens with zero attached hydrogens (tertiary/aromatic N) is 3. The lowest BCUT2D eigenvalue weighted by Gasteiger charge is -2.23. The maximum Gasteiger partial charge on any atom is 0.157 e. The van der Waals surface area contributed by atoms with Crippen LogP contribution >= 0.6 is 0 Å². The zero-order valence-electron chi connectivity index (χ0n) is 18.7. The van der Waals surface area contributed by atoms with Gasteiger partial charge in [0, 0.05) is 25.9 Å². The maximum atomic E-state index is 7.00. The van der Waals surface area contributed by atoms with E-state index in [0.29, 0.717) is 17.2 Å². The van der Waals surface area contributed by atoms with Crippen LogP contribution in [-0.4, -0.2) is 40.4 Å². The normalized spacial score (nSPS) is 13.5. The summed E-state index contributed by atoms with van der Waals surface area (Å²) in [5.41, 5.74) is 3.13. The number of terminal acetylenes is 1. The molecule has 0 saturated carbocycles. The van der Waals surface area contributed by atoms with Gasteiger partial charge in [-0.1, -0.05) is 69.9 Å². The average Bonchev–Trinajstić information content (AvgIpc) is 3.25. The molecule has 0 saturated heterocycles. The Kier molecular flexibility index (Phi) is 14.1. The summed E-state index contributed by atoms with van der Waals surface area (Å²) in [4.78, 5) is 9.09. The number of allylic oxidation sites excluding steroid dienone is 5. The summed E-state index contributed by atoms with van der Waals surface area (Å²) in [6, 6.07) is 0. The van der Waals surface area contributed by atoms with Crippen LogP contribution in [0.2, 0.25) is 0 Å². The van der Waals surface area contributed by atoms with Gasteiger partial charge in [-0.2, -0.15) is 0 Å². The number of hydrogen-bond acceptors (Lipinski definition) is 6. The summed E-state index contributed by atoms with van der Waals surface area (Å²) < 4.78 is 0. The van der Waals surface area contributed by atoms with E-state index in [-0.39, 0.29) is 6.17 Å². The molecule has 1 unspecified atom stereocenters. The van der Waals surface area contributed by atoms with Crippen LogP contribution in [0.15, 0.2) is 36.1 Å². The van der Waals surface area contributed by atoms with E-state index in [1.54, 1.807) is 11.2 Å². The third-order valence-corrected chi connectivity index (χ3v) is 4.12. The second kappa shape index (κ2) is 15.5. The van der Waals surface area contributed by atoms with E-state index in [9.17, 15) is 0 Å². The summed E-state index contributed by atoms with van der Waals surface area (Å²) in [5.74, 6) is 9.93. The highest BCUT2D eigenvalue weighted by Crippen LogP contribution is 2.28. The maximum absolute atomic E-state index is 7.00. The van der Waals surface area contributed by atoms with Crippen LogP contribution in [0.4, 0.5) is 5.82 Å². The minimum absolute atomic E-state index is 0.191. The van der Waals surface area contributed by atoms with Gasteiger partial charge in [-0.15, -0.1) is 6.42 Å². The second-order valence-electron chi connectivity index (χ2n) is 6.12. The molecular formula is C23H37N5O. The van der Waals surface area contributed by atoms with Crippen molar-refractivity contribution in [1.29, 1.82) is 0 Å². The summed E-state index contributed by atoms with van der Waals surface area (Å²) in [6.07, 6.45) is 19.5. The predicted molar refractivity (Wildman–Crippen MR) is 124 cm³/mol. The number of unbranched alkanes of at least 4 members (excludes halogenated alkanes) is 1. The monoisotopic (exact) mass is 399 g/mol. The molecule has 1 aliphatic rings. The van der Waals surface area contributed by atoms with E-state index in [0.717, 1.165) is 38.4 Å². The molecule has 29 heavy (non-hydrogen) atoms. The van der Waals surface area contributed by atoms with Crippen molar-refractivity contribution in [2.24, 2.45) is 5.84 Å². The van der Waals surface area contributed by atoms with Crippen molar-refractivity contribution in [3.8, 4) is 12.3 Å². The lowest BCUT2D eigenvalue weighted by atomic mass is 10.1. The number of aromatic nitrogens is 2.